The molecule has 0 amide bonds. The Hall–Kier alpha value is -1.02. The molecule has 1 N–H and O–H groups in total. The highest BCUT2D eigenvalue weighted by Crippen LogP contribution is 2.38. The summed E-state index contributed by atoms with van der Waals surface area (Å²) in [6.45, 7) is 1.19. The van der Waals surface area contributed by atoms with Crippen molar-refractivity contribution in [2.24, 2.45) is 0 Å². The number of benzene rings is 1. The number of hydrogen-bond donors (Lipinski definition) is 1. The number of rotatable bonds is 1. The lowest BCUT2D eigenvalue weighted by Gasteiger charge is -2.38. The van der Waals surface area contributed by atoms with E-state index in [0.717, 1.165) is 5.75 Å². The highest BCUT2D eigenvalue weighted by molar-refractivity contribution is 5.41. The van der Waals surface area contributed by atoms with Crippen LogP contribution in [0, 0.1) is 0 Å². The van der Waals surface area contributed by atoms with Gasteiger partial charge in [0.1, 0.15) is 5.75 Å². The van der Waals surface area contributed by atoms with Crippen molar-refractivity contribution in [1.82, 2.24) is 5.32 Å². The van der Waals surface area contributed by atoms with Gasteiger partial charge in [0.05, 0.1) is 7.11 Å². The number of hydrogen-bond acceptors (Lipinski definition) is 2. The Labute approximate surface area is 97.0 Å². The SMILES string of the molecule is COc1ccc2c(c1)C1CCCNC1CC2. The molecule has 1 aliphatic carbocycles. The first-order valence-electron chi connectivity index (χ1n) is 6.28. The summed E-state index contributed by atoms with van der Waals surface area (Å²) >= 11 is 0. The minimum Gasteiger partial charge on any atom is -0.497 e. The molecule has 2 unspecified atom stereocenters. The Morgan fingerprint density at radius 3 is 3.12 bits per heavy atom. The van der Waals surface area contributed by atoms with E-state index >= 15 is 0 Å². The Morgan fingerprint density at radius 1 is 1.31 bits per heavy atom. The topological polar surface area (TPSA) is 21.3 Å². The average Bonchev–Trinajstić information content (AvgIpc) is 2.38. The van der Waals surface area contributed by atoms with Crippen LogP contribution in [-0.2, 0) is 6.42 Å². The van der Waals surface area contributed by atoms with Crippen LogP contribution in [0.5, 0.6) is 5.75 Å². The fraction of sp³-hybridized carbons (Fsp3) is 0.571. The summed E-state index contributed by atoms with van der Waals surface area (Å²) in [4.78, 5) is 0. The van der Waals surface area contributed by atoms with E-state index in [1.807, 2.05) is 0 Å². The van der Waals surface area contributed by atoms with E-state index in [-0.39, 0.29) is 0 Å². The van der Waals surface area contributed by atoms with Crippen molar-refractivity contribution in [3.63, 3.8) is 0 Å². The lowest BCUT2D eigenvalue weighted by Crippen LogP contribution is -2.42. The molecule has 86 valence electrons. The van der Waals surface area contributed by atoms with Crippen LogP contribution >= 0.6 is 0 Å². The zero-order valence-electron chi connectivity index (χ0n) is 9.83. The van der Waals surface area contributed by atoms with Crippen molar-refractivity contribution in [2.75, 3.05) is 13.7 Å². The molecule has 0 bridgehead atoms. The van der Waals surface area contributed by atoms with E-state index in [4.69, 9.17) is 4.74 Å². The number of aryl methyl sites for hydroxylation is 1. The monoisotopic (exact) mass is 217 g/mol. The number of fused-ring (bicyclic) bond motifs is 3. The molecule has 2 atom stereocenters. The molecule has 1 aliphatic heterocycles. The largest absolute Gasteiger partial charge is 0.497 e. The van der Waals surface area contributed by atoms with Gasteiger partial charge in [-0.3, -0.25) is 0 Å². The summed E-state index contributed by atoms with van der Waals surface area (Å²) in [5.74, 6) is 1.72. The first kappa shape index (κ1) is 10.2. The molecule has 16 heavy (non-hydrogen) atoms. The Balaban J connectivity index is 1.98. The molecule has 1 aromatic rings. The third-order valence-corrected chi connectivity index (χ3v) is 4.06. The molecule has 1 heterocycles. The van der Waals surface area contributed by atoms with E-state index in [9.17, 15) is 0 Å². The summed E-state index contributed by atoms with van der Waals surface area (Å²) in [7, 11) is 1.75. The Kier molecular flexibility index (Phi) is 2.60. The fourth-order valence-corrected chi connectivity index (χ4v) is 3.21. The normalized spacial score (nSPS) is 28.1. The van der Waals surface area contributed by atoms with Gasteiger partial charge in [0, 0.05) is 6.04 Å². The van der Waals surface area contributed by atoms with Crippen LogP contribution in [0.25, 0.3) is 0 Å². The molecular formula is C14H19NO. The first-order valence-corrected chi connectivity index (χ1v) is 6.28. The molecule has 0 spiro atoms. The number of ether oxygens (including phenoxy) is 1. The fourth-order valence-electron chi connectivity index (χ4n) is 3.21. The Morgan fingerprint density at radius 2 is 2.25 bits per heavy atom. The maximum atomic E-state index is 5.34. The Bertz CT molecular complexity index is 388. The third kappa shape index (κ3) is 1.61. The average molecular weight is 217 g/mol. The quantitative estimate of drug-likeness (QED) is 0.780. The maximum Gasteiger partial charge on any atom is 0.119 e. The summed E-state index contributed by atoms with van der Waals surface area (Å²) < 4.78 is 5.34. The van der Waals surface area contributed by atoms with Crippen molar-refractivity contribution >= 4 is 0 Å². The molecule has 0 saturated carbocycles. The molecule has 1 fully saturated rings. The molecule has 2 nitrogen and oxygen atoms in total. The molecule has 1 aromatic carbocycles. The lowest BCUT2D eigenvalue weighted by molar-refractivity contribution is 0.318. The zero-order chi connectivity index (χ0) is 11.0. The number of nitrogens with one attached hydrogen (secondary N) is 1. The number of piperidine rings is 1. The van der Waals surface area contributed by atoms with Crippen molar-refractivity contribution in [3.05, 3.63) is 29.3 Å². The van der Waals surface area contributed by atoms with Crippen LogP contribution in [0.3, 0.4) is 0 Å². The maximum absolute atomic E-state index is 5.34. The lowest BCUT2D eigenvalue weighted by atomic mass is 9.75. The molecule has 3 rings (SSSR count). The van der Waals surface area contributed by atoms with Crippen LogP contribution in [0.1, 0.15) is 36.3 Å². The molecule has 0 radical (unpaired) electrons. The van der Waals surface area contributed by atoms with E-state index < -0.39 is 0 Å². The van der Waals surface area contributed by atoms with E-state index in [0.29, 0.717) is 12.0 Å². The molecule has 0 aromatic heterocycles. The molecule has 2 aliphatic rings. The van der Waals surface area contributed by atoms with Crippen molar-refractivity contribution in [2.45, 2.75) is 37.6 Å². The minimum absolute atomic E-state index is 0.702. The minimum atomic E-state index is 0.702. The van der Waals surface area contributed by atoms with Crippen molar-refractivity contribution < 1.29 is 4.74 Å². The smallest absolute Gasteiger partial charge is 0.119 e. The summed E-state index contributed by atoms with van der Waals surface area (Å²) in [6, 6.07) is 7.29. The predicted molar refractivity (Wildman–Crippen MR) is 65.1 cm³/mol. The zero-order valence-corrected chi connectivity index (χ0v) is 9.83. The summed E-state index contributed by atoms with van der Waals surface area (Å²) in [5, 5.41) is 3.66. The van der Waals surface area contributed by atoms with Gasteiger partial charge < -0.3 is 10.1 Å². The van der Waals surface area contributed by atoms with Crippen LogP contribution < -0.4 is 10.1 Å². The van der Waals surface area contributed by atoms with Crippen LogP contribution in [-0.4, -0.2) is 19.7 Å². The van der Waals surface area contributed by atoms with Gasteiger partial charge in [0.25, 0.3) is 0 Å². The van der Waals surface area contributed by atoms with Crippen molar-refractivity contribution in [3.8, 4) is 5.75 Å². The van der Waals surface area contributed by atoms with Gasteiger partial charge in [-0.2, -0.15) is 0 Å². The summed E-state index contributed by atoms with van der Waals surface area (Å²) in [6.07, 6.45) is 5.15. The highest BCUT2D eigenvalue weighted by atomic mass is 16.5. The van der Waals surface area contributed by atoms with Crippen LogP contribution in [0.4, 0.5) is 0 Å². The first-order chi connectivity index (χ1) is 7.88. The third-order valence-electron chi connectivity index (χ3n) is 4.06. The summed E-state index contributed by atoms with van der Waals surface area (Å²) in [5.41, 5.74) is 3.06. The van der Waals surface area contributed by atoms with Crippen molar-refractivity contribution in [1.29, 1.82) is 0 Å². The van der Waals surface area contributed by atoms with Gasteiger partial charge in [-0.25, -0.2) is 0 Å². The van der Waals surface area contributed by atoms with E-state index in [1.165, 1.54) is 43.4 Å². The molecule has 2 heteroatoms. The van der Waals surface area contributed by atoms with Gasteiger partial charge in [-0.15, -0.1) is 0 Å². The van der Waals surface area contributed by atoms with Gasteiger partial charge in [-0.1, -0.05) is 6.07 Å². The van der Waals surface area contributed by atoms with Gasteiger partial charge in [0.2, 0.25) is 0 Å². The second kappa shape index (κ2) is 4.10. The second-order valence-electron chi connectivity index (χ2n) is 4.91. The second-order valence-corrected chi connectivity index (χ2v) is 4.91. The highest BCUT2D eigenvalue weighted by Gasteiger charge is 2.31. The number of methoxy groups -OCH3 is 1. The van der Waals surface area contributed by atoms with Gasteiger partial charge in [0.15, 0.2) is 0 Å². The standard InChI is InChI=1S/C14H19NO/c1-16-11-6-4-10-5-7-14-12(13(10)9-11)3-2-8-15-14/h4,6,9,12,14-15H,2-3,5,7-8H2,1H3. The van der Waals surface area contributed by atoms with E-state index in [2.05, 4.69) is 23.5 Å². The van der Waals surface area contributed by atoms with Crippen LogP contribution in [0.2, 0.25) is 0 Å². The van der Waals surface area contributed by atoms with Gasteiger partial charge in [-0.05, 0) is 61.4 Å². The molecule has 1 saturated heterocycles. The van der Waals surface area contributed by atoms with Gasteiger partial charge >= 0.3 is 0 Å². The van der Waals surface area contributed by atoms with E-state index in [1.54, 1.807) is 7.11 Å². The van der Waals surface area contributed by atoms with Crippen LogP contribution in [0.15, 0.2) is 18.2 Å². The predicted octanol–water partition coefficient (Wildman–Crippen LogP) is 2.48. The molecular weight excluding hydrogens is 198 g/mol.